The molecule has 0 fully saturated rings. The Balaban J connectivity index is 1.72. The van der Waals surface area contributed by atoms with Crippen LogP contribution in [0.15, 0.2) is 66.9 Å². The molecule has 29 heavy (non-hydrogen) atoms. The number of halogens is 1. The lowest BCUT2D eigenvalue weighted by Crippen LogP contribution is -2.38. The number of hydrogen-bond donors (Lipinski definition) is 3. The number of aromatic hydroxyl groups is 1. The molecule has 1 amide bonds. The van der Waals surface area contributed by atoms with E-state index in [4.69, 9.17) is 11.6 Å². The van der Waals surface area contributed by atoms with Crippen LogP contribution in [-0.2, 0) is 11.2 Å². The first-order chi connectivity index (χ1) is 13.9. The zero-order chi connectivity index (χ0) is 20.8. The van der Waals surface area contributed by atoms with Gasteiger partial charge in [0.2, 0.25) is 5.88 Å². The quantitative estimate of drug-likeness (QED) is 0.548. The van der Waals surface area contributed by atoms with Gasteiger partial charge in [-0.3, -0.25) is 9.59 Å². The number of aromatic nitrogens is 1. The fourth-order valence-electron chi connectivity index (χ4n) is 2.96. The van der Waals surface area contributed by atoms with Gasteiger partial charge in [-0.25, -0.2) is 4.98 Å². The maximum atomic E-state index is 12.4. The highest BCUT2D eigenvalue weighted by molar-refractivity contribution is 6.32. The summed E-state index contributed by atoms with van der Waals surface area (Å²) in [6.45, 7) is 0. The molecular weight excluding hydrogens is 392 g/mol. The summed E-state index contributed by atoms with van der Waals surface area (Å²) in [6.07, 6.45) is 1.31. The Morgan fingerprint density at radius 3 is 2.31 bits per heavy atom. The van der Waals surface area contributed by atoms with Crippen molar-refractivity contribution >= 4 is 23.5 Å². The molecule has 6 nitrogen and oxygen atoms in total. The van der Waals surface area contributed by atoms with Crippen molar-refractivity contribution in [3.63, 3.8) is 0 Å². The summed E-state index contributed by atoms with van der Waals surface area (Å²) in [7, 11) is 0. The van der Waals surface area contributed by atoms with Crippen molar-refractivity contribution in [1.29, 1.82) is 0 Å². The standard InChI is InChI=1S/C22H19ClN2O4/c23-19-11-17(13-24-22(19)29)21(28)25-18(12-20(26)27)10-14-6-8-16(9-7-14)15-4-2-1-3-5-15/h1-9,11,13,18H,10,12H2,(H,24,29)(H,25,28)(H,26,27)/t18-/m1/s1. The van der Waals surface area contributed by atoms with Crippen LogP contribution >= 0.6 is 11.6 Å². The third-order valence-corrected chi connectivity index (χ3v) is 4.66. The van der Waals surface area contributed by atoms with Gasteiger partial charge in [-0.2, -0.15) is 0 Å². The van der Waals surface area contributed by atoms with Gasteiger partial charge < -0.3 is 15.5 Å². The van der Waals surface area contributed by atoms with Crippen LogP contribution in [0.4, 0.5) is 0 Å². The van der Waals surface area contributed by atoms with Crippen LogP contribution in [0, 0.1) is 0 Å². The zero-order valence-electron chi connectivity index (χ0n) is 15.4. The van der Waals surface area contributed by atoms with Crippen LogP contribution in [0.3, 0.4) is 0 Å². The van der Waals surface area contributed by atoms with E-state index in [1.54, 1.807) is 0 Å². The summed E-state index contributed by atoms with van der Waals surface area (Å²) in [5.74, 6) is -1.89. The molecule has 0 aliphatic rings. The molecule has 0 bridgehead atoms. The third-order valence-electron chi connectivity index (χ3n) is 4.38. The lowest BCUT2D eigenvalue weighted by molar-refractivity contribution is -0.137. The molecule has 1 heterocycles. The average molecular weight is 411 g/mol. The van der Waals surface area contributed by atoms with E-state index >= 15 is 0 Å². The van der Waals surface area contributed by atoms with E-state index in [0.717, 1.165) is 16.7 Å². The van der Waals surface area contributed by atoms with E-state index in [2.05, 4.69) is 10.3 Å². The molecule has 0 saturated carbocycles. The Morgan fingerprint density at radius 2 is 1.69 bits per heavy atom. The van der Waals surface area contributed by atoms with Crippen molar-refractivity contribution < 1.29 is 19.8 Å². The zero-order valence-corrected chi connectivity index (χ0v) is 16.1. The normalized spacial score (nSPS) is 11.6. The Morgan fingerprint density at radius 1 is 1.03 bits per heavy atom. The summed E-state index contributed by atoms with van der Waals surface area (Å²) >= 11 is 5.79. The van der Waals surface area contributed by atoms with Gasteiger partial charge in [-0.05, 0) is 29.2 Å². The number of amides is 1. The summed E-state index contributed by atoms with van der Waals surface area (Å²) in [4.78, 5) is 27.3. The maximum Gasteiger partial charge on any atom is 0.305 e. The van der Waals surface area contributed by atoms with E-state index in [9.17, 15) is 19.8 Å². The SMILES string of the molecule is O=C(O)C[C@@H](Cc1ccc(-c2ccccc2)cc1)NC(=O)c1cnc(O)c(Cl)c1. The van der Waals surface area contributed by atoms with E-state index in [0.29, 0.717) is 6.42 Å². The number of aliphatic carboxylic acids is 1. The van der Waals surface area contributed by atoms with E-state index < -0.39 is 17.9 Å². The number of pyridine rings is 1. The van der Waals surface area contributed by atoms with Crippen LogP contribution in [-0.4, -0.2) is 33.1 Å². The second kappa shape index (κ2) is 9.21. The smallest absolute Gasteiger partial charge is 0.305 e. The van der Waals surface area contributed by atoms with E-state index in [-0.39, 0.29) is 22.9 Å². The number of carbonyl (C=O) groups excluding carboxylic acids is 1. The minimum Gasteiger partial charge on any atom is -0.492 e. The number of hydrogen-bond acceptors (Lipinski definition) is 4. The second-order valence-electron chi connectivity index (χ2n) is 6.56. The molecule has 3 rings (SSSR count). The maximum absolute atomic E-state index is 12.4. The molecule has 0 spiro atoms. The minimum atomic E-state index is -1.02. The van der Waals surface area contributed by atoms with Gasteiger partial charge in [0.15, 0.2) is 0 Å². The predicted molar refractivity (Wildman–Crippen MR) is 110 cm³/mol. The molecule has 0 saturated heterocycles. The monoisotopic (exact) mass is 410 g/mol. The molecule has 2 aromatic carbocycles. The summed E-state index contributed by atoms with van der Waals surface area (Å²) < 4.78 is 0. The van der Waals surface area contributed by atoms with Gasteiger partial charge >= 0.3 is 5.97 Å². The number of nitrogens with zero attached hydrogens (tertiary/aromatic N) is 1. The number of benzene rings is 2. The van der Waals surface area contributed by atoms with Gasteiger partial charge in [0, 0.05) is 12.2 Å². The Labute approximate surface area is 172 Å². The number of carboxylic acid groups (broad SMARTS) is 1. The van der Waals surface area contributed by atoms with Crippen molar-refractivity contribution in [2.45, 2.75) is 18.9 Å². The predicted octanol–water partition coefficient (Wildman–Crippen LogP) is 3.92. The second-order valence-corrected chi connectivity index (χ2v) is 6.97. The van der Waals surface area contributed by atoms with Crippen LogP contribution in [0.25, 0.3) is 11.1 Å². The highest BCUT2D eigenvalue weighted by Crippen LogP contribution is 2.22. The van der Waals surface area contributed by atoms with Crippen LogP contribution < -0.4 is 5.32 Å². The minimum absolute atomic E-state index is 0.0519. The molecular formula is C22H19ClN2O4. The topological polar surface area (TPSA) is 99.5 Å². The summed E-state index contributed by atoms with van der Waals surface area (Å²) in [5, 5.41) is 21.2. The third kappa shape index (κ3) is 5.56. The molecule has 0 unspecified atom stereocenters. The lowest BCUT2D eigenvalue weighted by atomic mass is 9.99. The highest BCUT2D eigenvalue weighted by atomic mass is 35.5. The van der Waals surface area contributed by atoms with Gasteiger partial charge in [0.1, 0.15) is 5.02 Å². The fraction of sp³-hybridized carbons (Fsp3) is 0.136. The van der Waals surface area contributed by atoms with E-state index in [1.807, 2.05) is 54.6 Å². The first-order valence-corrected chi connectivity index (χ1v) is 9.31. The highest BCUT2D eigenvalue weighted by Gasteiger charge is 2.19. The molecule has 148 valence electrons. The number of carbonyl (C=O) groups is 2. The summed E-state index contributed by atoms with van der Waals surface area (Å²) in [5.41, 5.74) is 3.19. The number of rotatable bonds is 7. The summed E-state index contributed by atoms with van der Waals surface area (Å²) in [6, 6.07) is 18.3. The number of carboxylic acids is 1. The van der Waals surface area contributed by atoms with Gasteiger partial charge in [0.25, 0.3) is 5.91 Å². The van der Waals surface area contributed by atoms with Crippen molar-refractivity contribution in [1.82, 2.24) is 10.3 Å². The van der Waals surface area contributed by atoms with Gasteiger partial charge in [-0.1, -0.05) is 66.2 Å². The van der Waals surface area contributed by atoms with Gasteiger partial charge in [-0.15, -0.1) is 0 Å². The van der Waals surface area contributed by atoms with Gasteiger partial charge in [0.05, 0.1) is 12.0 Å². The molecule has 3 aromatic rings. The van der Waals surface area contributed by atoms with Crippen molar-refractivity contribution in [3.05, 3.63) is 83.0 Å². The Kier molecular flexibility index (Phi) is 6.46. The van der Waals surface area contributed by atoms with Crippen LogP contribution in [0.5, 0.6) is 5.88 Å². The fourth-order valence-corrected chi connectivity index (χ4v) is 3.12. The van der Waals surface area contributed by atoms with Crippen molar-refractivity contribution in [3.8, 4) is 17.0 Å². The molecule has 7 heteroatoms. The average Bonchev–Trinajstić information content (AvgIpc) is 2.70. The largest absolute Gasteiger partial charge is 0.492 e. The van der Waals surface area contributed by atoms with Crippen LogP contribution in [0.2, 0.25) is 5.02 Å². The van der Waals surface area contributed by atoms with Crippen LogP contribution in [0.1, 0.15) is 22.3 Å². The van der Waals surface area contributed by atoms with Crippen molar-refractivity contribution in [2.24, 2.45) is 0 Å². The molecule has 0 radical (unpaired) electrons. The first-order valence-electron chi connectivity index (χ1n) is 8.94. The Hall–Kier alpha value is -3.38. The molecule has 3 N–H and O–H groups in total. The first kappa shape index (κ1) is 20.4. The molecule has 1 atom stereocenters. The molecule has 0 aliphatic heterocycles. The number of nitrogens with one attached hydrogen (secondary N) is 1. The van der Waals surface area contributed by atoms with E-state index in [1.165, 1.54) is 12.3 Å². The Bertz CT molecular complexity index is 1010. The van der Waals surface area contributed by atoms with Crippen molar-refractivity contribution in [2.75, 3.05) is 0 Å². The molecule has 0 aliphatic carbocycles. The molecule has 1 aromatic heterocycles. The lowest BCUT2D eigenvalue weighted by Gasteiger charge is -2.17.